The number of alkyl halides is 3. The Kier molecular flexibility index (Phi) is 5.53. The molecule has 1 rings (SSSR count). The molecule has 0 aliphatic rings. The van der Waals surface area contributed by atoms with Crippen molar-refractivity contribution in [2.75, 3.05) is 6.54 Å². The Bertz CT molecular complexity index is 365. The Morgan fingerprint density at radius 2 is 2.11 bits per heavy atom. The first-order chi connectivity index (χ1) is 8.44. The molecule has 0 aliphatic heterocycles. The molecule has 1 atom stereocenters. The van der Waals surface area contributed by atoms with Gasteiger partial charge < -0.3 is 5.32 Å². The van der Waals surface area contributed by atoms with Crippen molar-refractivity contribution in [2.45, 2.75) is 38.4 Å². The van der Waals surface area contributed by atoms with Gasteiger partial charge in [0.25, 0.3) is 0 Å². The van der Waals surface area contributed by atoms with Gasteiger partial charge in [0, 0.05) is 24.2 Å². The molecule has 6 heteroatoms. The van der Waals surface area contributed by atoms with Crippen molar-refractivity contribution in [3.8, 4) is 0 Å². The van der Waals surface area contributed by atoms with E-state index in [0.29, 0.717) is 12.1 Å². The second-order valence-corrected chi connectivity index (χ2v) is 4.01. The van der Waals surface area contributed by atoms with E-state index in [1.165, 1.54) is 12.3 Å². The maximum absolute atomic E-state index is 13.5. The molecule has 1 unspecified atom stereocenters. The fraction of sp³-hybridized carbons (Fsp3) is 0.583. The summed E-state index contributed by atoms with van der Waals surface area (Å²) in [6.07, 6.45) is -2.28. The SMILES string of the molecule is CCNC(CCCC(F)(F)F)c1ccncc1F. The zero-order chi connectivity index (χ0) is 13.6. The highest BCUT2D eigenvalue weighted by Gasteiger charge is 2.27. The zero-order valence-electron chi connectivity index (χ0n) is 10.1. The lowest BCUT2D eigenvalue weighted by Crippen LogP contribution is -2.22. The summed E-state index contributed by atoms with van der Waals surface area (Å²) in [5.74, 6) is -0.490. The van der Waals surface area contributed by atoms with Crippen LogP contribution in [0.5, 0.6) is 0 Å². The highest BCUT2D eigenvalue weighted by atomic mass is 19.4. The number of nitrogens with one attached hydrogen (secondary N) is 1. The van der Waals surface area contributed by atoms with Gasteiger partial charge in [-0.1, -0.05) is 6.92 Å². The van der Waals surface area contributed by atoms with Crippen LogP contribution in [0.15, 0.2) is 18.5 Å². The third-order valence-electron chi connectivity index (χ3n) is 2.58. The molecule has 1 aromatic rings. The Hall–Kier alpha value is -1.17. The first-order valence-corrected chi connectivity index (χ1v) is 5.83. The molecule has 18 heavy (non-hydrogen) atoms. The van der Waals surface area contributed by atoms with E-state index in [-0.39, 0.29) is 12.8 Å². The molecule has 0 saturated carbocycles. The molecule has 0 saturated heterocycles. The maximum atomic E-state index is 13.5. The number of nitrogens with zero attached hydrogens (tertiary/aromatic N) is 1. The van der Waals surface area contributed by atoms with Gasteiger partial charge in [-0.25, -0.2) is 4.39 Å². The second-order valence-electron chi connectivity index (χ2n) is 4.01. The summed E-state index contributed by atoms with van der Waals surface area (Å²) < 4.78 is 49.7. The van der Waals surface area contributed by atoms with Crippen molar-refractivity contribution in [2.24, 2.45) is 0 Å². The predicted molar refractivity (Wildman–Crippen MR) is 60.5 cm³/mol. The molecule has 0 amide bonds. The van der Waals surface area contributed by atoms with Crippen molar-refractivity contribution in [1.82, 2.24) is 10.3 Å². The lowest BCUT2D eigenvalue weighted by Gasteiger charge is -2.19. The lowest BCUT2D eigenvalue weighted by molar-refractivity contribution is -0.135. The van der Waals surface area contributed by atoms with Crippen LogP contribution >= 0.6 is 0 Å². The Morgan fingerprint density at radius 3 is 2.67 bits per heavy atom. The monoisotopic (exact) mass is 264 g/mol. The van der Waals surface area contributed by atoms with Gasteiger partial charge >= 0.3 is 6.18 Å². The smallest absolute Gasteiger partial charge is 0.310 e. The summed E-state index contributed by atoms with van der Waals surface area (Å²) in [4.78, 5) is 3.62. The molecule has 0 spiro atoms. The molecule has 0 radical (unpaired) electrons. The van der Waals surface area contributed by atoms with Crippen LogP contribution in [-0.4, -0.2) is 17.7 Å². The molecular formula is C12H16F4N2. The van der Waals surface area contributed by atoms with Crippen molar-refractivity contribution in [3.63, 3.8) is 0 Å². The first kappa shape index (κ1) is 14.9. The highest BCUT2D eigenvalue weighted by Crippen LogP contribution is 2.27. The average molecular weight is 264 g/mol. The zero-order valence-corrected chi connectivity index (χ0v) is 10.1. The maximum Gasteiger partial charge on any atom is 0.389 e. The van der Waals surface area contributed by atoms with Crippen LogP contribution in [0.25, 0.3) is 0 Å². The van der Waals surface area contributed by atoms with E-state index in [2.05, 4.69) is 10.3 Å². The number of halogens is 4. The van der Waals surface area contributed by atoms with Gasteiger partial charge in [-0.3, -0.25) is 4.98 Å². The molecule has 0 aliphatic carbocycles. The molecule has 1 heterocycles. The predicted octanol–water partition coefficient (Wildman–Crippen LogP) is 3.60. The molecule has 0 fully saturated rings. The van der Waals surface area contributed by atoms with Gasteiger partial charge in [0.15, 0.2) is 0 Å². The molecule has 2 nitrogen and oxygen atoms in total. The van der Waals surface area contributed by atoms with Crippen LogP contribution in [0.3, 0.4) is 0 Å². The number of aromatic nitrogens is 1. The van der Waals surface area contributed by atoms with E-state index in [1.54, 1.807) is 0 Å². The summed E-state index contributed by atoms with van der Waals surface area (Å²) in [6, 6.07) is 1.09. The van der Waals surface area contributed by atoms with Gasteiger partial charge in [0.05, 0.1) is 6.20 Å². The Balaban J connectivity index is 2.63. The van der Waals surface area contributed by atoms with Crippen LogP contribution in [0.1, 0.15) is 37.8 Å². The lowest BCUT2D eigenvalue weighted by atomic mass is 10.0. The first-order valence-electron chi connectivity index (χ1n) is 5.83. The Labute approximate surface area is 103 Å². The summed E-state index contributed by atoms with van der Waals surface area (Å²) in [6.45, 7) is 2.40. The summed E-state index contributed by atoms with van der Waals surface area (Å²) in [7, 11) is 0. The number of hydrogen-bond acceptors (Lipinski definition) is 2. The fourth-order valence-electron chi connectivity index (χ4n) is 1.79. The summed E-state index contributed by atoms with van der Waals surface area (Å²) in [5, 5.41) is 2.99. The van der Waals surface area contributed by atoms with E-state index in [1.807, 2.05) is 6.92 Å². The van der Waals surface area contributed by atoms with Gasteiger partial charge in [0.2, 0.25) is 0 Å². The minimum atomic E-state index is -4.16. The Morgan fingerprint density at radius 1 is 1.39 bits per heavy atom. The molecule has 0 aromatic carbocycles. The van der Waals surface area contributed by atoms with E-state index >= 15 is 0 Å². The van der Waals surface area contributed by atoms with Crippen LogP contribution in [-0.2, 0) is 0 Å². The molecule has 102 valence electrons. The summed E-state index contributed by atoms with van der Waals surface area (Å²) in [5.41, 5.74) is 0.369. The van der Waals surface area contributed by atoms with Gasteiger partial charge in [-0.2, -0.15) is 13.2 Å². The third-order valence-corrected chi connectivity index (χ3v) is 2.58. The minimum absolute atomic E-state index is 0.0249. The highest BCUT2D eigenvalue weighted by molar-refractivity contribution is 5.17. The van der Waals surface area contributed by atoms with Crippen molar-refractivity contribution < 1.29 is 17.6 Å². The molecule has 1 aromatic heterocycles. The van der Waals surface area contributed by atoms with Crippen molar-refractivity contribution in [1.29, 1.82) is 0 Å². The van der Waals surface area contributed by atoms with Crippen LogP contribution < -0.4 is 5.32 Å². The molecular weight excluding hydrogens is 248 g/mol. The van der Waals surface area contributed by atoms with Crippen molar-refractivity contribution >= 4 is 0 Å². The van der Waals surface area contributed by atoms with Gasteiger partial charge in [-0.15, -0.1) is 0 Å². The quantitative estimate of drug-likeness (QED) is 0.794. The minimum Gasteiger partial charge on any atom is -0.310 e. The van der Waals surface area contributed by atoms with Gasteiger partial charge in [0.1, 0.15) is 5.82 Å². The molecule has 0 bridgehead atoms. The van der Waals surface area contributed by atoms with Crippen LogP contribution in [0, 0.1) is 5.82 Å². The topological polar surface area (TPSA) is 24.9 Å². The largest absolute Gasteiger partial charge is 0.389 e. The third kappa shape index (κ3) is 5.00. The van der Waals surface area contributed by atoms with Crippen LogP contribution in [0.2, 0.25) is 0 Å². The summed E-state index contributed by atoms with van der Waals surface area (Å²) >= 11 is 0. The van der Waals surface area contributed by atoms with Crippen LogP contribution in [0.4, 0.5) is 17.6 Å². The fourth-order valence-corrected chi connectivity index (χ4v) is 1.79. The number of hydrogen-bond donors (Lipinski definition) is 1. The van der Waals surface area contributed by atoms with E-state index in [9.17, 15) is 17.6 Å². The second kappa shape index (κ2) is 6.68. The average Bonchev–Trinajstić information content (AvgIpc) is 2.27. The standard InChI is InChI=1S/C12H16F4N2/c1-2-18-11(4-3-6-12(14,15)16)9-5-7-17-8-10(9)13/h5,7-8,11,18H,2-4,6H2,1H3. The van der Waals surface area contributed by atoms with E-state index in [0.717, 1.165) is 6.20 Å². The van der Waals surface area contributed by atoms with E-state index in [4.69, 9.17) is 0 Å². The molecule has 1 N–H and O–H groups in total. The van der Waals surface area contributed by atoms with E-state index < -0.39 is 24.5 Å². The van der Waals surface area contributed by atoms with Gasteiger partial charge in [-0.05, 0) is 25.5 Å². The number of rotatable bonds is 6. The number of pyridine rings is 1. The normalized spacial score (nSPS) is 13.6. The van der Waals surface area contributed by atoms with Crippen molar-refractivity contribution in [3.05, 3.63) is 29.8 Å².